The first-order chi connectivity index (χ1) is 27.2. The Balaban J connectivity index is 0.000000409. The predicted octanol–water partition coefficient (Wildman–Crippen LogP) is -1.74. The summed E-state index contributed by atoms with van der Waals surface area (Å²) in [6.45, 7) is 15.1. The van der Waals surface area contributed by atoms with Gasteiger partial charge in [0.15, 0.2) is 18.0 Å². The lowest BCUT2D eigenvalue weighted by Crippen LogP contribution is -2.61. The Labute approximate surface area is 344 Å². The zero-order valence-corrected chi connectivity index (χ0v) is 35.8. The minimum Gasteiger partial charge on any atom is -0.467 e. The van der Waals surface area contributed by atoms with E-state index >= 15 is 0 Å². The van der Waals surface area contributed by atoms with Crippen LogP contribution < -0.4 is 21.3 Å². The summed E-state index contributed by atoms with van der Waals surface area (Å²) < 4.78 is 31.1. The molecular formula is C39H64N4O16. The average molecular weight is 845 g/mol. The number of amides is 4. The fourth-order valence-electron chi connectivity index (χ4n) is 6.16. The van der Waals surface area contributed by atoms with Gasteiger partial charge in [0.25, 0.3) is 11.8 Å². The Kier molecular flexibility index (Phi) is 18.6. The van der Waals surface area contributed by atoms with Crippen molar-refractivity contribution in [3.05, 3.63) is 24.3 Å². The van der Waals surface area contributed by atoms with E-state index in [1.807, 2.05) is 47.6 Å². The number of carbonyl (C=O) groups is 6. The molecule has 0 spiro atoms. The van der Waals surface area contributed by atoms with Crippen molar-refractivity contribution in [3.8, 4) is 0 Å². The van der Waals surface area contributed by atoms with E-state index in [-0.39, 0.29) is 23.7 Å². The summed E-state index contributed by atoms with van der Waals surface area (Å²) in [6.07, 6.45) is -3.95. The molecule has 0 saturated carbocycles. The lowest BCUT2D eigenvalue weighted by atomic mass is 9.93. The van der Waals surface area contributed by atoms with Gasteiger partial charge in [0.1, 0.15) is 60.8 Å². The monoisotopic (exact) mass is 844 g/mol. The molecule has 20 nitrogen and oxygen atoms in total. The van der Waals surface area contributed by atoms with E-state index in [0.29, 0.717) is 0 Å². The fraction of sp³-hybridized carbons (Fsp3) is 0.744. The van der Waals surface area contributed by atoms with Crippen LogP contribution in [-0.2, 0) is 57.2 Å². The van der Waals surface area contributed by atoms with Crippen molar-refractivity contribution in [3.63, 3.8) is 0 Å². The number of rotatable bonds is 14. The molecule has 0 aromatic carbocycles. The van der Waals surface area contributed by atoms with Crippen LogP contribution in [0.2, 0.25) is 0 Å². The molecule has 0 aromatic heterocycles. The Morgan fingerprint density at radius 3 is 1.66 bits per heavy atom. The number of aliphatic hydroxyl groups is 4. The zero-order valence-electron chi connectivity index (χ0n) is 35.8. The van der Waals surface area contributed by atoms with Gasteiger partial charge in [0.05, 0.1) is 14.2 Å². The predicted molar refractivity (Wildman–Crippen MR) is 208 cm³/mol. The van der Waals surface area contributed by atoms with Crippen molar-refractivity contribution in [1.29, 1.82) is 0 Å². The summed E-state index contributed by atoms with van der Waals surface area (Å²) in [6, 6.07) is -3.68. The molecule has 0 aromatic rings. The molecule has 336 valence electrons. The van der Waals surface area contributed by atoms with E-state index in [4.69, 9.17) is 18.9 Å². The number of nitrogens with one attached hydrogen (secondary N) is 4. The minimum atomic E-state index is -1.76. The lowest BCUT2D eigenvalue weighted by molar-refractivity contribution is -0.334. The molecule has 3 saturated heterocycles. The van der Waals surface area contributed by atoms with Crippen LogP contribution in [0.25, 0.3) is 0 Å². The summed E-state index contributed by atoms with van der Waals surface area (Å²) >= 11 is 0. The van der Waals surface area contributed by atoms with Crippen LogP contribution in [0.5, 0.6) is 0 Å². The second-order valence-electron chi connectivity index (χ2n) is 17.1. The van der Waals surface area contributed by atoms with Crippen LogP contribution >= 0.6 is 0 Å². The molecule has 4 unspecified atom stereocenters. The molecule has 20 heteroatoms. The van der Waals surface area contributed by atoms with Gasteiger partial charge in [-0.15, -0.1) is 0 Å². The van der Waals surface area contributed by atoms with Gasteiger partial charge >= 0.3 is 11.9 Å². The standard InChI is InChI=1S/C21H34N2O8.C18H30N2O8/c1-20(2,3)9-8-13-14(24)15(31-21(4,5)30-13)16(28-6)18(26)22-11-10-12(19(27)29-7)23-17(11)25;1-18(2,3)7-6-11(21)12(22)13(23)14(27-4)16(25)19-9-8-10(17(26)28-5)20-15(9)24/h8-9,11-16,24H,10H2,1-7H3,(H,22,26)(H,23,25);6-7,9-14,21-23H,8H2,1-5H3,(H,19,25)(H,20,24)/b9-8+;7-6+/t11?,12?,13-,14+,15-,16-;9?,10?,11-,12+,13-,14-/m11/s1. The first kappa shape index (κ1) is 51.1. The normalized spacial score (nSPS) is 28.3. The molecule has 3 heterocycles. The van der Waals surface area contributed by atoms with E-state index in [9.17, 15) is 49.2 Å². The second-order valence-corrected chi connectivity index (χ2v) is 17.1. The Bertz CT molecular complexity index is 1540. The number of aliphatic hydroxyl groups excluding tert-OH is 4. The number of esters is 2. The van der Waals surface area contributed by atoms with Crippen LogP contribution in [0.3, 0.4) is 0 Å². The molecule has 12 atom stereocenters. The van der Waals surface area contributed by atoms with Crippen molar-refractivity contribution in [2.24, 2.45) is 10.8 Å². The van der Waals surface area contributed by atoms with E-state index < -0.39 is 114 Å². The SMILES string of the molecule is COC(=O)C1CC(NC(=O)[C@H](OC)[C@@H]2OC(C)(C)O[C@H](/C=C/C(C)(C)C)[C@@H]2O)C(=O)N1.COC(=O)C1CC(NC(=O)[C@H](OC)[C@H](O)[C@@H](O)[C@H](O)/C=C/C(C)(C)C)C(=O)N1. The Morgan fingerprint density at radius 1 is 0.763 bits per heavy atom. The van der Waals surface area contributed by atoms with Crippen molar-refractivity contribution in [2.45, 2.75) is 147 Å². The first-order valence-corrected chi connectivity index (χ1v) is 19.1. The summed E-state index contributed by atoms with van der Waals surface area (Å²) in [5.41, 5.74) is -0.388. The van der Waals surface area contributed by atoms with Gasteiger partial charge in [0.2, 0.25) is 11.8 Å². The van der Waals surface area contributed by atoms with Gasteiger partial charge in [-0.2, -0.15) is 0 Å². The van der Waals surface area contributed by atoms with Gasteiger partial charge in [-0.1, -0.05) is 65.8 Å². The van der Waals surface area contributed by atoms with Gasteiger partial charge in [-0.25, -0.2) is 9.59 Å². The third-order valence-electron chi connectivity index (χ3n) is 9.24. The van der Waals surface area contributed by atoms with Crippen LogP contribution in [0.4, 0.5) is 0 Å². The molecule has 0 radical (unpaired) electrons. The number of ether oxygens (including phenoxy) is 6. The van der Waals surface area contributed by atoms with E-state index in [2.05, 4.69) is 30.7 Å². The van der Waals surface area contributed by atoms with Crippen LogP contribution in [0.1, 0.15) is 68.2 Å². The van der Waals surface area contributed by atoms with E-state index in [1.165, 1.54) is 27.4 Å². The minimum absolute atomic E-state index is 0.0245. The number of hydrogen-bond donors (Lipinski definition) is 8. The van der Waals surface area contributed by atoms with Gasteiger partial charge < -0.3 is 70.1 Å². The topological polar surface area (TPSA) is 287 Å². The fourth-order valence-corrected chi connectivity index (χ4v) is 6.16. The highest BCUT2D eigenvalue weighted by molar-refractivity contribution is 5.96. The highest BCUT2D eigenvalue weighted by Crippen LogP contribution is 2.31. The van der Waals surface area contributed by atoms with Crippen molar-refractivity contribution in [2.75, 3.05) is 28.4 Å². The molecule has 0 aliphatic carbocycles. The molecule has 3 aliphatic heterocycles. The molecule has 4 amide bonds. The quantitative estimate of drug-likeness (QED) is 0.0712. The summed E-state index contributed by atoms with van der Waals surface area (Å²) in [5.74, 6) is -4.92. The summed E-state index contributed by atoms with van der Waals surface area (Å²) in [4.78, 5) is 72.5. The molecule has 3 aliphatic rings. The molecule has 3 fully saturated rings. The highest BCUT2D eigenvalue weighted by Gasteiger charge is 2.49. The Hall–Kier alpha value is -4.02. The zero-order chi connectivity index (χ0) is 45.2. The smallest absolute Gasteiger partial charge is 0.328 e. The number of allylic oxidation sites excluding steroid dienone is 2. The van der Waals surface area contributed by atoms with Crippen LogP contribution in [0.15, 0.2) is 24.3 Å². The van der Waals surface area contributed by atoms with Gasteiger partial charge in [-0.3, -0.25) is 19.2 Å². The first-order valence-electron chi connectivity index (χ1n) is 19.1. The third kappa shape index (κ3) is 15.2. The summed E-state index contributed by atoms with van der Waals surface area (Å²) in [7, 11) is 4.86. The number of hydrogen-bond acceptors (Lipinski definition) is 16. The average Bonchev–Trinajstić information content (AvgIpc) is 3.70. The molecule has 8 N–H and O–H groups in total. The Morgan fingerprint density at radius 2 is 1.24 bits per heavy atom. The molecule has 3 rings (SSSR count). The third-order valence-corrected chi connectivity index (χ3v) is 9.24. The van der Waals surface area contributed by atoms with Gasteiger partial charge in [-0.05, 0) is 24.7 Å². The van der Waals surface area contributed by atoms with Gasteiger partial charge in [0, 0.05) is 27.1 Å². The molecular weight excluding hydrogens is 780 g/mol. The largest absolute Gasteiger partial charge is 0.467 e. The van der Waals surface area contributed by atoms with E-state index in [1.54, 1.807) is 26.0 Å². The number of methoxy groups -OCH3 is 4. The van der Waals surface area contributed by atoms with E-state index in [0.717, 1.165) is 7.11 Å². The van der Waals surface area contributed by atoms with Crippen LogP contribution in [0, 0.1) is 10.8 Å². The lowest BCUT2D eigenvalue weighted by Gasteiger charge is -2.45. The maximum Gasteiger partial charge on any atom is 0.328 e. The van der Waals surface area contributed by atoms with Crippen molar-refractivity contribution >= 4 is 35.6 Å². The molecule has 0 bridgehead atoms. The molecule has 59 heavy (non-hydrogen) atoms. The second kappa shape index (κ2) is 21.5. The maximum atomic E-state index is 12.9. The van der Waals surface area contributed by atoms with Crippen molar-refractivity contribution in [1.82, 2.24) is 21.3 Å². The highest BCUT2D eigenvalue weighted by atomic mass is 16.7. The van der Waals surface area contributed by atoms with Crippen molar-refractivity contribution < 1.29 is 77.6 Å². The van der Waals surface area contributed by atoms with Crippen LogP contribution in [-0.4, -0.2) is 163 Å². The summed E-state index contributed by atoms with van der Waals surface area (Å²) in [5, 5.41) is 51.1. The maximum absolute atomic E-state index is 12.9. The number of carbonyl (C=O) groups excluding carboxylic acids is 6.